The van der Waals surface area contributed by atoms with Crippen LogP contribution in [0.2, 0.25) is 5.02 Å². The Balaban J connectivity index is 1.98. The predicted octanol–water partition coefficient (Wildman–Crippen LogP) is 4.61. The summed E-state index contributed by atoms with van der Waals surface area (Å²) in [4.78, 5) is 14.7. The number of aryl methyl sites for hydroxylation is 1. The van der Waals surface area contributed by atoms with Crippen LogP contribution in [0.15, 0.2) is 41.3 Å². The summed E-state index contributed by atoms with van der Waals surface area (Å²) in [6.45, 7) is 8.17. The van der Waals surface area contributed by atoms with E-state index in [1.165, 1.54) is 6.07 Å². The van der Waals surface area contributed by atoms with Crippen LogP contribution >= 0.6 is 11.6 Å². The second-order valence-electron chi connectivity index (χ2n) is 7.83. The van der Waals surface area contributed by atoms with Crippen molar-refractivity contribution in [3.8, 4) is 5.75 Å². The molecule has 2 aromatic carbocycles. The molecule has 6 nitrogen and oxygen atoms in total. The molecule has 1 amide bonds. The summed E-state index contributed by atoms with van der Waals surface area (Å²) in [5.41, 5.74) is 0.914. The quantitative estimate of drug-likeness (QED) is 0.742. The van der Waals surface area contributed by atoms with E-state index in [1.54, 1.807) is 42.2 Å². The highest BCUT2D eigenvalue weighted by Crippen LogP contribution is 2.38. The zero-order valence-corrected chi connectivity index (χ0v) is 18.5. The molecule has 1 aliphatic rings. The molecule has 0 atom stereocenters. The van der Waals surface area contributed by atoms with Crippen LogP contribution in [-0.2, 0) is 14.8 Å². The lowest BCUT2D eigenvalue weighted by Gasteiger charge is -2.27. The molecule has 0 aromatic heterocycles. The molecule has 1 aliphatic heterocycles. The fourth-order valence-corrected chi connectivity index (χ4v) is 4.79. The van der Waals surface area contributed by atoms with Gasteiger partial charge in [-0.3, -0.25) is 9.52 Å². The number of nitrogens with one attached hydrogen (secondary N) is 1. The number of ether oxygens (including phenoxy) is 1. The van der Waals surface area contributed by atoms with Crippen molar-refractivity contribution < 1.29 is 17.9 Å². The summed E-state index contributed by atoms with van der Waals surface area (Å²) in [7, 11) is -3.83. The van der Waals surface area contributed by atoms with E-state index < -0.39 is 15.4 Å². The number of rotatable bonds is 5. The van der Waals surface area contributed by atoms with Gasteiger partial charge in [-0.25, -0.2) is 8.42 Å². The van der Waals surface area contributed by atoms with Gasteiger partial charge in [0.05, 0.1) is 21.7 Å². The predicted molar refractivity (Wildman–Crippen MR) is 115 cm³/mol. The van der Waals surface area contributed by atoms with Crippen LogP contribution in [0.3, 0.4) is 0 Å². The van der Waals surface area contributed by atoms with Crippen LogP contribution in [0, 0.1) is 12.3 Å². The van der Waals surface area contributed by atoms with Crippen molar-refractivity contribution in [2.24, 2.45) is 5.41 Å². The van der Waals surface area contributed by atoms with Gasteiger partial charge in [-0.05, 0) is 57.0 Å². The van der Waals surface area contributed by atoms with Crippen LogP contribution < -0.4 is 14.4 Å². The fraction of sp³-hybridized carbons (Fsp3) is 0.381. The first-order chi connectivity index (χ1) is 13.5. The number of carbonyl (C=O) groups is 1. The van der Waals surface area contributed by atoms with Gasteiger partial charge in [-0.2, -0.15) is 0 Å². The molecule has 0 fully saturated rings. The van der Waals surface area contributed by atoms with Gasteiger partial charge in [0.25, 0.3) is 10.0 Å². The maximum Gasteiger partial charge on any atom is 0.262 e. The van der Waals surface area contributed by atoms with Crippen LogP contribution in [0.1, 0.15) is 32.8 Å². The number of benzene rings is 2. The minimum Gasteiger partial charge on any atom is -0.490 e. The molecule has 0 bridgehead atoms. The number of hydrogen-bond acceptors (Lipinski definition) is 4. The molecule has 8 heteroatoms. The second kappa shape index (κ2) is 7.88. The maximum atomic E-state index is 12.9. The van der Waals surface area contributed by atoms with E-state index in [4.69, 9.17) is 16.3 Å². The fourth-order valence-electron chi connectivity index (χ4n) is 3.23. The molecule has 0 unspecified atom stereocenters. The van der Waals surface area contributed by atoms with Crippen LogP contribution in [0.25, 0.3) is 0 Å². The van der Waals surface area contributed by atoms with Crippen molar-refractivity contribution in [1.29, 1.82) is 0 Å². The second-order valence-corrected chi connectivity index (χ2v) is 9.91. The van der Waals surface area contributed by atoms with Crippen molar-refractivity contribution in [3.05, 3.63) is 47.0 Å². The number of sulfonamides is 1. The monoisotopic (exact) mass is 436 g/mol. The summed E-state index contributed by atoms with van der Waals surface area (Å²) in [5.74, 6) is 0.460. The van der Waals surface area contributed by atoms with Crippen molar-refractivity contribution in [3.63, 3.8) is 0 Å². The highest BCUT2D eigenvalue weighted by molar-refractivity contribution is 7.92. The molecule has 2 aromatic rings. The van der Waals surface area contributed by atoms with Crippen molar-refractivity contribution in [2.45, 2.75) is 39.0 Å². The molecular formula is C21H25ClN2O4S. The largest absolute Gasteiger partial charge is 0.490 e. The smallest absolute Gasteiger partial charge is 0.262 e. The molecule has 29 heavy (non-hydrogen) atoms. The van der Waals surface area contributed by atoms with Gasteiger partial charge in [-0.15, -0.1) is 0 Å². The van der Waals surface area contributed by atoms with Gasteiger partial charge in [0, 0.05) is 17.6 Å². The van der Waals surface area contributed by atoms with Crippen LogP contribution in [0.4, 0.5) is 11.4 Å². The summed E-state index contributed by atoms with van der Waals surface area (Å²) in [6, 6.07) is 9.69. The van der Waals surface area contributed by atoms with Gasteiger partial charge in [0.15, 0.2) is 0 Å². The van der Waals surface area contributed by atoms with Crippen molar-refractivity contribution in [2.75, 3.05) is 22.8 Å². The first-order valence-electron chi connectivity index (χ1n) is 9.43. The number of amides is 1. The van der Waals surface area contributed by atoms with E-state index in [9.17, 15) is 13.2 Å². The molecular weight excluding hydrogens is 412 g/mol. The van der Waals surface area contributed by atoms with Crippen molar-refractivity contribution >= 4 is 38.9 Å². The van der Waals surface area contributed by atoms with E-state index in [0.29, 0.717) is 34.3 Å². The minimum atomic E-state index is -3.83. The Morgan fingerprint density at radius 2 is 1.93 bits per heavy atom. The van der Waals surface area contributed by atoms with E-state index in [0.717, 1.165) is 6.42 Å². The van der Waals surface area contributed by atoms with Gasteiger partial charge >= 0.3 is 0 Å². The molecule has 156 valence electrons. The van der Waals surface area contributed by atoms with Gasteiger partial charge in [0.1, 0.15) is 12.4 Å². The lowest BCUT2D eigenvalue weighted by Crippen LogP contribution is -2.42. The van der Waals surface area contributed by atoms with E-state index in [1.807, 2.05) is 20.8 Å². The van der Waals surface area contributed by atoms with Crippen LogP contribution in [0.5, 0.6) is 5.75 Å². The number of halogens is 1. The summed E-state index contributed by atoms with van der Waals surface area (Å²) >= 11 is 5.98. The molecule has 0 saturated heterocycles. The first-order valence-corrected chi connectivity index (χ1v) is 11.3. The Morgan fingerprint density at radius 1 is 1.21 bits per heavy atom. The zero-order chi connectivity index (χ0) is 21.4. The first kappa shape index (κ1) is 21.5. The molecule has 1 heterocycles. The van der Waals surface area contributed by atoms with Gasteiger partial charge < -0.3 is 9.64 Å². The average Bonchev–Trinajstić information content (AvgIpc) is 2.74. The van der Waals surface area contributed by atoms with Crippen molar-refractivity contribution in [1.82, 2.24) is 0 Å². The standard InChI is InChI=1S/C21H25ClN2O4S/c1-5-10-24-17-9-8-16(12-18(17)28-13-21(3,4)20(24)25)23-29(26,27)19-11-15(22)7-6-14(19)2/h6-9,11-12,23H,5,10,13H2,1-4H3. The van der Waals surface area contributed by atoms with Gasteiger partial charge in [0.2, 0.25) is 5.91 Å². The molecule has 3 rings (SSSR count). The van der Waals surface area contributed by atoms with E-state index in [-0.39, 0.29) is 17.4 Å². The lowest BCUT2D eigenvalue weighted by molar-refractivity contribution is -0.127. The third-order valence-electron chi connectivity index (χ3n) is 4.80. The highest BCUT2D eigenvalue weighted by Gasteiger charge is 2.37. The van der Waals surface area contributed by atoms with Gasteiger partial charge in [-0.1, -0.05) is 24.6 Å². The Morgan fingerprint density at radius 3 is 2.62 bits per heavy atom. The zero-order valence-electron chi connectivity index (χ0n) is 17.0. The molecule has 0 spiro atoms. The summed E-state index contributed by atoms with van der Waals surface area (Å²) in [5, 5.41) is 0.345. The Labute approximate surface area is 176 Å². The number of fused-ring (bicyclic) bond motifs is 1. The Bertz CT molecular complexity index is 1050. The van der Waals surface area contributed by atoms with E-state index in [2.05, 4.69) is 4.72 Å². The number of hydrogen-bond donors (Lipinski definition) is 1. The topological polar surface area (TPSA) is 75.7 Å². The average molecular weight is 437 g/mol. The number of carbonyl (C=O) groups excluding carboxylic acids is 1. The van der Waals surface area contributed by atoms with E-state index >= 15 is 0 Å². The summed E-state index contributed by atoms with van der Waals surface area (Å²) in [6.07, 6.45) is 0.795. The number of anilines is 2. The minimum absolute atomic E-state index is 0.0130. The third-order valence-corrected chi connectivity index (χ3v) is 6.56. The third kappa shape index (κ3) is 4.36. The highest BCUT2D eigenvalue weighted by atomic mass is 35.5. The number of nitrogens with zero attached hydrogens (tertiary/aromatic N) is 1. The SMILES string of the molecule is CCCN1C(=O)C(C)(C)COc2cc(NS(=O)(=O)c3cc(Cl)ccc3C)ccc21. The normalized spacial score (nSPS) is 16.0. The molecule has 1 N–H and O–H groups in total. The molecule has 0 saturated carbocycles. The molecule has 0 radical (unpaired) electrons. The lowest BCUT2D eigenvalue weighted by atomic mass is 9.93. The summed E-state index contributed by atoms with van der Waals surface area (Å²) < 4.78 is 34.2. The van der Waals surface area contributed by atoms with Crippen LogP contribution in [-0.4, -0.2) is 27.5 Å². The Hall–Kier alpha value is -2.25. The Kier molecular flexibility index (Phi) is 5.83. The maximum absolute atomic E-state index is 12.9. The molecule has 0 aliphatic carbocycles.